The van der Waals surface area contributed by atoms with Gasteiger partial charge >= 0.3 is 0 Å². The molecule has 0 aliphatic carbocycles. The second kappa shape index (κ2) is 4.70. The van der Waals surface area contributed by atoms with E-state index in [0.717, 1.165) is 16.8 Å². The fourth-order valence-corrected chi connectivity index (χ4v) is 2.60. The van der Waals surface area contributed by atoms with Gasteiger partial charge in [0.25, 0.3) is 0 Å². The Morgan fingerprint density at radius 1 is 1.14 bits per heavy atom. The average molecular weight is 281 g/mol. The first-order valence-corrected chi connectivity index (χ1v) is 6.65. The quantitative estimate of drug-likeness (QED) is 0.744. The zero-order chi connectivity index (χ0) is 15.1. The van der Waals surface area contributed by atoms with Crippen LogP contribution in [0.2, 0.25) is 0 Å². The Hall–Kier alpha value is -2.69. The predicted octanol–water partition coefficient (Wildman–Crippen LogP) is 3.08. The van der Waals surface area contributed by atoms with Gasteiger partial charge in [0.15, 0.2) is 5.82 Å². The summed E-state index contributed by atoms with van der Waals surface area (Å²) in [7, 11) is 0. The van der Waals surface area contributed by atoms with Crippen LogP contribution in [0.3, 0.4) is 0 Å². The molecule has 0 radical (unpaired) electrons. The highest BCUT2D eigenvalue weighted by atomic mass is 16.3. The minimum atomic E-state index is -0.251. The Bertz CT molecular complexity index is 845. The van der Waals surface area contributed by atoms with Gasteiger partial charge in [0, 0.05) is 23.7 Å². The number of aromatic hydroxyl groups is 1. The molecule has 0 unspecified atom stereocenters. The van der Waals surface area contributed by atoms with Crippen LogP contribution < -0.4 is 0 Å². The minimum Gasteiger partial charge on any atom is -0.494 e. The van der Waals surface area contributed by atoms with Crippen molar-refractivity contribution >= 4 is 16.8 Å². The normalized spacial score (nSPS) is 11.0. The summed E-state index contributed by atoms with van der Waals surface area (Å²) >= 11 is 0. The van der Waals surface area contributed by atoms with E-state index in [9.17, 15) is 9.90 Å². The molecule has 106 valence electrons. The summed E-state index contributed by atoms with van der Waals surface area (Å²) < 4.78 is 1.28. The Kier molecular flexibility index (Phi) is 2.97. The molecule has 1 N–H and O–H groups in total. The van der Waals surface area contributed by atoms with Crippen LogP contribution >= 0.6 is 0 Å². The molecule has 0 amide bonds. The molecule has 2 aromatic heterocycles. The van der Waals surface area contributed by atoms with Gasteiger partial charge in [0.1, 0.15) is 0 Å². The lowest BCUT2D eigenvalue weighted by Gasteiger charge is -2.03. The van der Waals surface area contributed by atoms with Crippen molar-refractivity contribution in [1.82, 2.24) is 14.5 Å². The standard InChI is InChI=1S/C16H15N3O2/c1-9-8-10(2)18-15(17-9)14-12-6-4-5-7-13(12)19(11(3)20)16(14)21/h4-8,21H,1-3H3. The van der Waals surface area contributed by atoms with E-state index in [-0.39, 0.29) is 11.8 Å². The lowest BCUT2D eigenvalue weighted by Crippen LogP contribution is -2.04. The molecule has 21 heavy (non-hydrogen) atoms. The molecule has 0 spiro atoms. The number of fused-ring (bicyclic) bond motifs is 1. The fraction of sp³-hybridized carbons (Fsp3) is 0.188. The lowest BCUT2D eigenvalue weighted by molar-refractivity contribution is 0.0933. The van der Waals surface area contributed by atoms with Crippen molar-refractivity contribution in [2.75, 3.05) is 0 Å². The Balaban J connectivity index is 2.42. The van der Waals surface area contributed by atoms with E-state index >= 15 is 0 Å². The number of rotatable bonds is 1. The molecule has 0 saturated heterocycles. The number of nitrogens with zero attached hydrogens (tertiary/aromatic N) is 3. The molecule has 5 heteroatoms. The summed E-state index contributed by atoms with van der Waals surface area (Å²) in [5, 5.41) is 11.2. The topological polar surface area (TPSA) is 68.0 Å². The van der Waals surface area contributed by atoms with Crippen molar-refractivity contribution in [2.45, 2.75) is 20.8 Å². The predicted molar refractivity (Wildman–Crippen MR) is 80.4 cm³/mol. The number of benzene rings is 1. The number of hydrogen-bond acceptors (Lipinski definition) is 4. The maximum Gasteiger partial charge on any atom is 0.230 e. The molecule has 0 bridgehead atoms. The highest BCUT2D eigenvalue weighted by Crippen LogP contribution is 2.37. The van der Waals surface area contributed by atoms with Gasteiger partial charge in [-0.05, 0) is 26.0 Å². The number of hydrogen-bond donors (Lipinski definition) is 1. The Morgan fingerprint density at radius 3 is 2.38 bits per heavy atom. The first-order valence-electron chi connectivity index (χ1n) is 6.65. The van der Waals surface area contributed by atoms with Crippen LogP contribution in [0.25, 0.3) is 22.3 Å². The van der Waals surface area contributed by atoms with E-state index in [1.807, 2.05) is 38.1 Å². The molecule has 0 fully saturated rings. The van der Waals surface area contributed by atoms with Gasteiger partial charge in [0.05, 0.1) is 11.1 Å². The van der Waals surface area contributed by atoms with E-state index in [4.69, 9.17) is 0 Å². The second-order valence-electron chi connectivity index (χ2n) is 5.04. The number of para-hydroxylation sites is 1. The average Bonchev–Trinajstić information content (AvgIpc) is 2.69. The van der Waals surface area contributed by atoms with E-state index in [1.165, 1.54) is 11.5 Å². The van der Waals surface area contributed by atoms with Gasteiger partial charge in [-0.3, -0.25) is 9.36 Å². The SMILES string of the molecule is CC(=O)n1c(O)c(-c2nc(C)cc(C)n2)c2ccccc21. The van der Waals surface area contributed by atoms with Gasteiger partial charge in [-0.25, -0.2) is 9.97 Å². The van der Waals surface area contributed by atoms with E-state index < -0.39 is 0 Å². The molecule has 0 saturated carbocycles. The maximum absolute atomic E-state index is 11.8. The van der Waals surface area contributed by atoms with Crippen LogP contribution in [0.4, 0.5) is 0 Å². The first kappa shape index (κ1) is 13.3. The van der Waals surface area contributed by atoms with E-state index in [2.05, 4.69) is 9.97 Å². The van der Waals surface area contributed by atoms with E-state index in [0.29, 0.717) is 16.9 Å². The highest BCUT2D eigenvalue weighted by Gasteiger charge is 2.22. The Labute approximate surface area is 121 Å². The molecule has 0 atom stereocenters. The lowest BCUT2D eigenvalue weighted by atomic mass is 10.1. The molecule has 5 nitrogen and oxygen atoms in total. The van der Waals surface area contributed by atoms with Crippen LogP contribution in [-0.2, 0) is 0 Å². The number of aromatic nitrogens is 3. The summed E-state index contributed by atoms with van der Waals surface area (Å²) in [5.74, 6) is 0.0641. The molecular weight excluding hydrogens is 266 g/mol. The maximum atomic E-state index is 11.8. The molecule has 0 aliphatic rings. The monoisotopic (exact) mass is 281 g/mol. The van der Waals surface area contributed by atoms with Crippen LogP contribution in [0.5, 0.6) is 5.88 Å². The fourth-order valence-electron chi connectivity index (χ4n) is 2.60. The summed E-state index contributed by atoms with van der Waals surface area (Å²) in [6.45, 7) is 5.16. The highest BCUT2D eigenvalue weighted by molar-refractivity contribution is 6.03. The summed E-state index contributed by atoms with van der Waals surface area (Å²) in [4.78, 5) is 20.6. The summed E-state index contributed by atoms with van der Waals surface area (Å²) in [5.41, 5.74) is 2.78. The van der Waals surface area contributed by atoms with Gasteiger partial charge in [-0.15, -0.1) is 0 Å². The zero-order valence-corrected chi connectivity index (χ0v) is 12.1. The van der Waals surface area contributed by atoms with E-state index in [1.54, 1.807) is 6.07 Å². The smallest absolute Gasteiger partial charge is 0.230 e. The van der Waals surface area contributed by atoms with Gasteiger partial charge < -0.3 is 5.11 Å². The van der Waals surface area contributed by atoms with Crippen LogP contribution in [0.1, 0.15) is 23.1 Å². The third kappa shape index (κ3) is 2.07. The third-order valence-corrected chi connectivity index (χ3v) is 3.37. The summed E-state index contributed by atoms with van der Waals surface area (Å²) in [6, 6.07) is 9.20. The minimum absolute atomic E-state index is 0.117. The van der Waals surface area contributed by atoms with Crippen molar-refractivity contribution in [2.24, 2.45) is 0 Å². The van der Waals surface area contributed by atoms with Crippen LogP contribution in [-0.4, -0.2) is 25.5 Å². The van der Waals surface area contributed by atoms with Gasteiger partial charge in [-0.1, -0.05) is 18.2 Å². The van der Waals surface area contributed by atoms with Crippen molar-refractivity contribution in [3.63, 3.8) is 0 Å². The zero-order valence-electron chi connectivity index (χ0n) is 12.1. The first-order chi connectivity index (χ1) is 9.99. The Morgan fingerprint density at radius 2 is 1.76 bits per heavy atom. The van der Waals surface area contributed by atoms with Gasteiger partial charge in [-0.2, -0.15) is 0 Å². The second-order valence-corrected chi connectivity index (χ2v) is 5.04. The number of carbonyl (C=O) groups excluding carboxylic acids is 1. The number of aryl methyl sites for hydroxylation is 2. The molecular formula is C16H15N3O2. The van der Waals surface area contributed by atoms with Crippen molar-refractivity contribution in [3.05, 3.63) is 41.7 Å². The molecule has 1 aromatic carbocycles. The third-order valence-electron chi connectivity index (χ3n) is 3.37. The molecule has 2 heterocycles. The largest absolute Gasteiger partial charge is 0.494 e. The van der Waals surface area contributed by atoms with Crippen LogP contribution in [0, 0.1) is 13.8 Å². The summed E-state index contributed by atoms with van der Waals surface area (Å²) in [6.07, 6.45) is 0. The van der Waals surface area contributed by atoms with Crippen LogP contribution in [0.15, 0.2) is 30.3 Å². The number of carbonyl (C=O) groups is 1. The van der Waals surface area contributed by atoms with Crippen molar-refractivity contribution < 1.29 is 9.90 Å². The molecule has 0 aliphatic heterocycles. The molecule has 3 aromatic rings. The van der Waals surface area contributed by atoms with Crippen molar-refractivity contribution in [1.29, 1.82) is 0 Å². The van der Waals surface area contributed by atoms with Gasteiger partial charge in [0.2, 0.25) is 11.8 Å². The van der Waals surface area contributed by atoms with Crippen molar-refractivity contribution in [3.8, 4) is 17.3 Å². The molecule has 3 rings (SSSR count).